The van der Waals surface area contributed by atoms with Crippen molar-refractivity contribution in [1.29, 1.82) is 0 Å². The Morgan fingerprint density at radius 1 is 1.03 bits per heavy atom. The maximum Gasteiger partial charge on any atom is 0.119 e. The first kappa shape index (κ1) is 22.6. The SMILES string of the molecule is CCCCN(CC)CCCC(C)Nc1c2ccc(Cl)cc2nc2ccc(OC)cc12. The third kappa shape index (κ3) is 5.55. The van der Waals surface area contributed by atoms with Crippen LogP contribution >= 0.6 is 11.6 Å². The van der Waals surface area contributed by atoms with Crippen molar-refractivity contribution in [2.75, 3.05) is 32.1 Å². The molecule has 0 aliphatic rings. The molecule has 0 spiro atoms. The molecule has 1 unspecified atom stereocenters. The molecule has 0 saturated carbocycles. The number of ether oxygens (including phenoxy) is 1. The molecule has 1 heterocycles. The van der Waals surface area contributed by atoms with Crippen LogP contribution in [0.4, 0.5) is 5.69 Å². The zero-order chi connectivity index (χ0) is 21.5. The first-order valence-electron chi connectivity index (χ1n) is 11.1. The number of benzene rings is 2. The summed E-state index contributed by atoms with van der Waals surface area (Å²) in [6, 6.07) is 12.3. The number of hydrogen-bond donors (Lipinski definition) is 1. The minimum Gasteiger partial charge on any atom is -0.497 e. The van der Waals surface area contributed by atoms with E-state index in [0.717, 1.165) is 52.8 Å². The topological polar surface area (TPSA) is 37.4 Å². The number of hydrogen-bond acceptors (Lipinski definition) is 4. The molecule has 162 valence electrons. The van der Waals surface area contributed by atoms with Crippen LogP contribution in [0.2, 0.25) is 5.02 Å². The van der Waals surface area contributed by atoms with Crippen LogP contribution in [0.25, 0.3) is 21.8 Å². The fourth-order valence-electron chi connectivity index (χ4n) is 3.93. The van der Waals surface area contributed by atoms with Crippen LogP contribution in [0.5, 0.6) is 5.75 Å². The number of fused-ring (bicyclic) bond motifs is 2. The predicted octanol–water partition coefficient (Wildman–Crippen LogP) is 6.75. The van der Waals surface area contributed by atoms with E-state index in [-0.39, 0.29) is 0 Å². The van der Waals surface area contributed by atoms with Crippen molar-refractivity contribution in [3.8, 4) is 5.75 Å². The molecule has 0 saturated heterocycles. The molecule has 5 heteroatoms. The molecule has 0 radical (unpaired) electrons. The van der Waals surface area contributed by atoms with E-state index in [0.29, 0.717) is 11.1 Å². The Balaban J connectivity index is 1.82. The van der Waals surface area contributed by atoms with Crippen molar-refractivity contribution < 1.29 is 4.74 Å². The van der Waals surface area contributed by atoms with E-state index in [1.165, 1.54) is 25.8 Å². The van der Waals surface area contributed by atoms with Gasteiger partial charge in [0.25, 0.3) is 0 Å². The van der Waals surface area contributed by atoms with Gasteiger partial charge in [-0.05, 0) is 82.2 Å². The van der Waals surface area contributed by atoms with Gasteiger partial charge in [0.1, 0.15) is 5.75 Å². The number of methoxy groups -OCH3 is 1. The van der Waals surface area contributed by atoms with Crippen LogP contribution in [0.3, 0.4) is 0 Å². The summed E-state index contributed by atoms with van der Waals surface area (Å²) in [5.74, 6) is 0.836. The summed E-state index contributed by atoms with van der Waals surface area (Å²) in [6.45, 7) is 10.3. The Morgan fingerprint density at radius 3 is 2.57 bits per heavy atom. The molecule has 4 nitrogen and oxygen atoms in total. The first-order chi connectivity index (χ1) is 14.5. The molecule has 0 aliphatic carbocycles. The zero-order valence-corrected chi connectivity index (χ0v) is 19.4. The Hall–Kier alpha value is -2.04. The quantitative estimate of drug-likeness (QED) is 0.343. The molecule has 1 N–H and O–H groups in total. The molecule has 0 aliphatic heterocycles. The van der Waals surface area contributed by atoms with E-state index in [2.05, 4.69) is 43.1 Å². The summed E-state index contributed by atoms with van der Waals surface area (Å²) in [5, 5.41) is 6.64. The van der Waals surface area contributed by atoms with Crippen LogP contribution in [0.1, 0.15) is 46.5 Å². The third-order valence-electron chi connectivity index (χ3n) is 5.72. The van der Waals surface area contributed by atoms with Gasteiger partial charge in [0, 0.05) is 21.8 Å². The molecule has 0 amide bonds. The summed E-state index contributed by atoms with van der Waals surface area (Å²) < 4.78 is 5.47. The van der Waals surface area contributed by atoms with Gasteiger partial charge in [0.15, 0.2) is 0 Å². The number of rotatable bonds is 11. The molecule has 1 aromatic heterocycles. The van der Waals surface area contributed by atoms with Crippen LogP contribution in [-0.4, -0.2) is 42.7 Å². The standard InChI is InChI=1S/C25H34ClN3O/c1-5-7-14-29(6-2)15-8-9-18(3)27-25-21-12-10-19(26)16-24(21)28-23-13-11-20(30-4)17-22(23)25/h10-13,16-18H,5-9,14-15H2,1-4H3,(H,27,28). The Bertz CT molecular complexity index is 975. The van der Waals surface area contributed by atoms with E-state index in [4.69, 9.17) is 21.3 Å². The van der Waals surface area contributed by atoms with Crippen molar-refractivity contribution in [2.24, 2.45) is 0 Å². The second-order valence-electron chi connectivity index (χ2n) is 8.01. The number of pyridine rings is 1. The lowest BCUT2D eigenvalue weighted by atomic mass is 10.1. The van der Waals surface area contributed by atoms with Gasteiger partial charge in [-0.2, -0.15) is 0 Å². The van der Waals surface area contributed by atoms with E-state index >= 15 is 0 Å². The van der Waals surface area contributed by atoms with E-state index in [1.54, 1.807) is 7.11 Å². The number of aromatic nitrogens is 1. The number of anilines is 1. The average Bonchev–Trinajstić information content (AvgIpc) is 2.75. The second-order valence-corrected chi connectivity index (χ2v) is 8.44. The number of unbranched alkanes of at least 4 members (excludes halogenated alkanes) is 1. The van der Waals surface area contributed by atoms with Gasteiger partial charge in [-0.3, -0.25) is 0 Å². The summed E-state index contributed by atoms with van der Waals surface area (Å²) in [6.07, 6.45) is 4.83. The van der Waals surface area contributed by atoms with Crippen molar-refractivity contribution in [1.82, 2.24) is 9.88 Å². The molecule has 0 fully saturated rings. The second kappa shape index (κ2) is 10.8. The Morgan fingerprint density at radius 2 is 1.83 bits per heavy atom. The summed E-state index contributed by atoms with van der Waals surface area (Å²) in [7, 11) is 1.70. The number of nitrogens with zero attached hydrogens (tertiary/aromatic N) is 2. The van der Waals surface area contributed by atoms with Gasteiger partial charge in [-0.1, -0.05) is 31.9 Å². The van der Waals surface area contributed by atoms with Gasteiger partial charge in [-0.15, -0.1) is 0 Å². The van der Waals surface area contributed by atoms with Gasteiger partial charge in [-0.25, -0.2) is 4.98 Å². The van der Waals surface area contributed by atoms with Crippen LogP contribution in [0.15, 0.2) is 36.4 Å². The molecule has 3 rings (SSSR count). The fraction of sp³-hybridized carbons (Fsp3) is 0.480. The number of nitrogens with one attached hydrogen (secondary N) is 1. The normalized spacial score (nSPS) is 12.6. The minimum atomic E-state index is 0.352. The molecule has 0 bridgehead atoms. The Kier molecular flexibility index (Phi) is 8.17. The van der Waals surface area contributed by atoms with Crippen LogP contribution in [0, 0.1) is 0 Å². The van der Waals surface area contributed by atoms with Crippen molar-refractivity contribution in [3.05, 3.63) is 41.4 Å². The minimum absolute atomic E-state index is 0.352. The van der Waals surface area contributed by atoms with Gasteiger partial charge in [0.2, 0.25) is 0 Å². The highest BCUT2D eigenvalue weighted by molar-refractivity contribution is 6.31. The highest BCUT2D eigenvalue weighted by Gasteiger charge is 2.13. The predicted molar refractivity (Wildman–Crippen MR) is 130 cm³/mol. The molecular weight excluding hydrogens is 394 g/mol. The molecule has 3 aromatic rings. The molecular formula is C25H34ClN3O. The number of halogens is 1. The maximum absolute atomic E-state index is 6.24. The largest absolute Gasteiger partial charge is 0.497 e. The summed E-state index contributed by atoms with van der Waals surface area (Å²) in [4.78, 5) is 7.38. The fourth-order valence-corrected chi connectivity index (χ4v) is 4.09. The van der Waals surface area contributed by atoms with E-state index < -0.39 is 0 Å². The summed E-state index contributed by atoms with van der Waals surface area (Å²) in [5.41, 5.74) is 2.96. The lowest BCUT2D eigenvalue weighted by molar-refractivity contribution is 0.276. The maximum atomic E-state index is 6.24. The third-order valence-corrected chi connectivity index (χ3v) is 5.96. The van der Waals surface area contributed by atoms with Gasteiger partial charge >= 0.3 is 0 Å². The molecule has 1 atom stereocenters. The van der Waals surface area contributed by atoms with Crippen molar-refractivity contribution in [3.63, 3.8) is 0 Å². The van der Waals surface area contributed by atoms with Crippen LogP contribution < -0.4 is 10.1 Å². The zero-order valence-electron chi connectivity index (χ0n) is 18.7. The van der Waals surface area contributed by atoms with Gasteiger partial charge < -0.3 is 15.0 Å². The lowest BCUT2D eigenvalue weighted by Crippen LogP contribution is -2.27. The lowest BCUT2D eigenvalue weighted by Gasteiger charge is -2.22. The Labute approximate surface area is 185 Å². The average molecular weight is 428 g/mol. The first-order valence-corrected chi connectivity index (χ1v) is 11.5. The van der Waals surface area contributed by atoms with Crippen molar-refractivity contribution >= 4 is 39.1 Å². The van der Waals surface area contributed by atoms with E-state index in [1.807, 2.05) is 24.3 Å². The van der Waals surface area contributed by atoms with E-state index in [9.17, 15) is 0 Å². The monoisotopic (exact) mass is 427 g/mol. The summed E-state index contributed by atoms with van der Waals surface area (Å²) >= 11 is 6.24. The van der Waals surface area contributed by atoms with Crippen molar-refractivity contribution in [2.45, 2.75) is 52.5 Å². The smallest absolute Gasteiger partial charge is 0.119 e. The van der Waals surface area contributed by atoms with Crippen LogP contribution in [-0.2, 0) is 0 Å². The molecule has 30 heavy (non-hydrogen) atoms. The van der Waals surface area contributed by atoms with Gasteiger partial charge in [0.05, 0.1) is 23.8 Å². The molecule has 2 aromatic carbocycles. The highest BCUT2D eigenvalue weighted by atomic mass is 35.5. The highest BCUT2D eigenvalue weighted by Crippen LogP contribution is 2.34.